The molecule has 2 aromatic rings. The standard InChI is InChI=1S/C15H20N2O/c1-3-17(11-15-5-4-10-18-15)14-8-6-13(7-9-14)12(2)16/h4-10,12H,3,11,16H2,1-2H3/t12-/m0/s1. The lowest BCUT2D eigenvalue weighted by molar-refractivity contribution is 0.503. The lowest BCUT2D eigenvalue weighted by atomic mass is 10.1. The zero-order chi connectivity index (χ0) is 13.0. The van der Waals surface area contributed by atoms with Crippen LogP contribution in [0.4, 0.5) is 5.69 Å². The zero-order valence-corrected chi connectivity index (χ0v) is 11.0. The highest BCUT2D eigenvalue weighted by Crippen LogP contribution is 2.20. The van der Waals surface area contributed by atoms with Gasteiger partial charge in [0.25, 0.3) is 0 Å². The Morgan fingerprint density at radius 3 is 2.44 bits per heavy atom. The summed E-state index contributed by atoms with van der Waals surface area (Å²) in [6, 6.07) is 12.4. The van der Waals surface area contributed by atoms with Crippen molar-refractivity contribution in [1.29, 1.82) is 0 Å². The van der Waals surface area contributed by atoms with Gasteiger partial charge in [-0.3, -0.25) is 0 Å². The Morgan fingerprint density at radius 1 is 1.22 bits per heavy atom. The fourth-order valence-corrected chi connectivity index (χ4v) is 1.97. The molecular formula is C15H20N2O. The van der Waals surface area contributed by atoms with Crippen molar-refractivity contribution in [1.82, 2.24) is 0 Å². The summed E-state index contributed by atoms with van der Waals surface area (Å²) in [5.41, 5.74) is 8.21. The van der Waals surface area contributed by atoms with Gasteiger partial charge < -0.3 is 15.1 Å². The first-order valence-corrected chi connectivity index (χ1v) is 6.33. The van der Waals surface area contributed by atoms with Crippen LogP contribution in [0.1, 0.15) is 31.2 Å². The van der Waals surface area contributed by atoms with E-state index in [-0.39, 0.29) is 6.04 Å². The van der Waals surface area contributed by atoms with E-state index in [0.717, 1.165) is 24.4 Å². The largest absolute Gasteiger partial charge is 0.467 e. The molecule has 0 bridgehead atoms. The van der Waals surface area contributed by atoms with Gasteiger partial charge in [0.2, 0.25) is 0 Å². The quantitative estimate of drug-likeness (QED) is 0.877. The molecule has 0 fully saturated rings. The van der Waals surface area contributed by atoms with Crippen LogP contribution >= 0.6 is 0 Å². The second kappa shape index (κ2) is 5.74. The number of furan rings is 1. The first-order valence-electron chi connectivity index (χ1n) is 6.33. The van der Waals surface area contributed by atoms with Gasteiger partial charge in [-0.2, -0.15) is 0 Å². The first kappa shape index (κ1) is 12.7. The maximum atomic E-state index is 5.85. The first-order chi connectivity index (χ1) is 8.70. The second-order valence-corrected chi connectivity index (χ2v) is 4.47. The van der Waals surface area contributed by atoms with E-state index in [1.54, 1.807) is 6.26 Å². The van der Waals surface area contributed by atoms with Crippen LogP contribution in [0.15, 0.2) is 47.1 Å². The van der Waals surface area contributed by atoms with E-state index in [1.165, 1.54) is 5.69 Å². The molecule has 0 aliphatic carbocycles. The summed E-state index contributed by atoms with van der Waals surface area (Å²) < 4.78 is 5.39. The molecule has 3 nitrogen and oxygen atoms in total. The number of anilines is 1. The van der Waals surface area contributed by atoms with Gasteiger partial charge in [-0.25, -0.2) is 0 Å². The molecule has 1 heterocycles. The van der Waals surface area contributed by atoms with Crippen molar-refractivity contribution in [3.05, 3.63) is 54.0 Å². The van der Waals surface area contributed by atoms with E-state index < -0.39 is 0 Å². The van der Waals surface area contributed by atoms with Crippen LogP contribution in [-0.2, 0) is 6.54 Å². The highest BCUT2D eigenvalue weighted by atomic mass is 16.3. The van der Waals surface area contributed by atoms with E-state index >= 15 is 0 Å². The van der Waals surface area contributed by atoms with Crippen LogP contribution in [0.3, 0.4) is 0 Å². The molecule has 18 heavy (non-hydrogen) atoms. The number of benzene rings is 1. The predicted octanol–water partition coefficient (Wildman–Crippen LogP) is 3.33. The lowest BCUT2D eigenvalue weighted by Gasteiger charge is -2.22. The molecule has 1 aromatic heterocycles. The van der Waals surface area contributed by atoms with Crippen molar-refractivity contribution in [2.45, 2.75) is 26.4 Å². The molecule has 0 radical (unpaired) electrons. The van der Waals surface area contributed by atoms with Crippen LogP contribution in [0.25, 0.3) is 0 Å². The van der Waals surface area contributed by atoms with E-state index in [4.69, 9.17) is 10.2 Å². The van der Waals surface area contributed by atoms with Crippen LogP contribution in [0, 0.1) is 0 Å². The van der Waals surface area contributed by atoms with E-state index in [2.05, 4.69) is 36.1 Å². The summed E-state index contributed by atoms with van der Waals surface area (Å²) in [7, 11) is 0. The Morgan fingerprint density at radius 2 is 1.94 bits per heavy atom. The maximum absolute atomic E-state index is 5.85. The lowest BCUT2D eigenvalue weighted by Crippen LogP contribution is -2.21. The van der Waals surface area contributed by atoms with Gasteiger partial charge in [-0.15, -0.1) is 0 Å². The normalized spacial score (nSPS) is 12.4. The Labute approximate surface area is 108 Å². The van der Waals surface area contributed by atoms with Gasteiger partial charge in [0.1, 0.15) is 5.76 Å². The summed E-state index contributed by atoms with van der Waals surface area (Å²) in [6.45, 7) is 5.87. The average Bonchev–Trinajstić information content (AvgIpc) is 2.89. The van der Waals surface area contributed by atoms with Crippen molar-refractivity contribution >= 4 is 5.69 Å². The van der Waals surface area contributed by atoms with Gasteiger partial charge >= 0.3 is 0 Å². The average molecular weight is 244 g/mol. The topological polar surface area (TPSA) is 42.4 Å². The molecule has 0 unspecified atom stereocenters. The Hall–Kier alpha value is -1.74. The van der Waals surface area contributed by atoms with Gasteiger partial charge in [0, 0.05) is 18.3 Å². The maximum Gasteiger partial charge on any atom is 0.123 e. The van der Waals surface area contributed by atoms with Crippen molar-refractivity contribution in [2.24, 2.45) is 5.73 Å². The van der Waals surface area contributed by atoms with E-state index in [1.807, 2.05) is 19.1 Å². The van der Waals surface area contributed by atoms with Gasteiger partial charge in [0.15, 0.2) is 0 Å². The Kier molecular flexibility index (Phi) is 4.05. The molecular weight excluding hydrogens is 224 g/mol. The molecule has 0 aliphatic rings. The summed E-state index contributed by atoms with van der Waals surface area (Å²) >= 11 is 0. The number of nitrogens with zero attached hydrogens (tertiary/aromatic N) is 1. The van der Waals surface area contributed by atoms with Crippen LogP contribution in [0.2, 0.25) is 0 Å². The van der Waals surface area contributed by atoms with Crippen molar-refractivity contribution < 1.29 is 4.42 Å². The summed E-state index contributed by atoms with van der Waals surface area (Å²) in [5.74, 6) is 0.980. The zero-order valence-electron chi connectivity index (χ0n) is 11.0. The highest BCUT2D eigenvalue weighted by molar-refractivity contribution is 5.48. The molecule has 0 saturated carbocycles. The molecule has 0 amide bonds. The van der Waals surface area contributed by atoms with Gasteiger partial charge in [-0.1, -0.05) is 12.1 Å². The second-order valence-electron chi connectivity index (χ2n) is 4.47. The fraction of sp³-hybridized carbons (Fsp3) is 0.333. The number of hydrogen-bond donors (Lipinski definition) is 1. The van der Waals surface area contributed by atoms with E-state index in [9.17, 15) is 0 Å². The summed E-state index contributed by atoms with van der Waals surface area (Å²) in [4.78, 5) is 2.27. The van der Waals surface area contributed by atoms with Gasteiger partial charge in [-0.05, 0) is 43.7 Å². The molecule has 1 aromatic carbocycles. The Balaban J connectivity index is 2.12. The van der Waals surface area contributed by atoms with Crippen molar-refractivity contribution in [3.63, 3.8) is 0 Å². The van der Waals surface area contributed by atoms with Crippen molar-refractivity contribution in [2.75, 3.05) is 11.4 Å². The minimum atomic E-state index is 0.0826. The number of nitrogens with two attached hydrogens (primary N) is 1. The third kappa shape index (κ3) is 2.93. The summed E-state index contributed by atoms with van der Waals surface area (Å²) in [6.07, 6.45) is 1.71. The molecule has 2 N–H and O–H groups in total. The predicted molar refractivity (Wildman–Crippen MR) is 74.5 cm³/mol. The monoisotopic (exact) mass is 244 g/mol. The summed E-state index contributed by atoms with van der Waals surface area (Å²) in [5, 5.41) is 0. The number of rotatable bonds is 5. The molecule has 1 atom stereocenters. The molecule has 0 saturated heterocycles. The number of hydrogen-bond acceptors (Lipinski definition) is 3. The fourth-order valence-electron chi connectivity index (χ4n) is 1.97. The van der Waals surface area contributed by atoms with Crippen molar-refractivity contribution in [3.8, 4) is 0 Å². The Bertz CT molecular complexity index is 460. The molecule has 3 heteroatoms. The third-order valence-electron chi connectivity index (χ3n) is 3.09. The van der Waals surface area contributed by atoms with Gasteiger partial charge in [0.05, 0.1) is 12.8 Å². The molecule has 2 rings (SSSR count). The molecule has 0 spiro atoms. The van der Waals surface area contributed by atoms with E-state index in [0.29, 0.717) is 0 Å². The van der Waals surface area contributed by atoms with Crippen LogP contribution in [0.5, 0.6) is 0 Å². The highest BCUT2D eigenvalue weighted by Gasteiger charge is 2.07. The SMILES string of the molecule is CCN(Cc1ccco1)c1ccc([C@H](C)N)cc1. The third-order valence-corrected chi connectivity index (χ3v) is 3.09. The van der Waals surface area contributed by atoms with Crippen LogP contribution < -0.4 is 10.6 Å². The molecule has 0 aliphatic heterocycles. The minimum absolute atomic E-state index is 0.0826. The minimum Gasteiger partial charge on any atom is -0.467 e. The van der Waals surface area contributed by atoms with Crippen LogP contribution in [-0.4, -0.2) is 6.54 Å². The smallest absolute Gasteiger partial charge is 0.123 e. The molecule has 96 valence electrons.